The fourth-order valence-electron chi connectivity index (χ4n) is 2.34. The number of hydrogen-bond acceptors (Lipinski definition) is 3. The van der Waals surface area contributed by atoms with Gasteiger partial charge in [-0.05, 0) is 36.8 Å². The second-order valence-corrected chi connectivity index (χ2v) is 6.61. The van der Waals surface area contributed by atoms with E-state index in [-0.39, 0.29) is 11.8 Å². The molecule has 146 valence electrons. The van der Waals surface area contributed by atoms with E-state index in [1.165, 1.54) is 17.5 Å². The molecule has 1 N–H and O–H groups in total. The molecule has 26 heavy (non-hydrogen) atoms. The van der Waals surface area contributed by atoms with Crippen molar-refractivity contribution < 1.29 is 9.53 Å². The Morgan fingerprint density at radius 3 is 2.50 bits per heavy atom. The first kappa shape index (κ1) is 24.8. The zero-order chi connectivity index (χ0) is 19.8. The number of nitrogens with one attached hydrogen (secondary N) is 1. The molecule has 0 fully saturated rings. The molecule has 0 radical (unpaired) electrons. The van der Waals surface area contributed by atoms with Gasteiger partial charge in [0.2, 0.25) is 0 Å². The van der Waals surface area contributed by atoms with Crippen LogP contribution in [-0.2, 0) is 15.3 Å². The maximum absolute atomic E-state index is 12.4. The van der Waals surface area contributed by atoms with E-state index in [0.29, 0.717) is 5.88 Å². The SMILES string of the molecule is C/C=C\C=C(/CCl)CC(C)C(OC)C(=O)NSCc1ccccc1.CC. The summed E-state index contributed by atoms with van der Waals surface area (Å²) < 4.78 is 8.30. The van der Waals surface area contributed by atoms with E-state index in [0.717, 1.165) is 17.7 Å². The average molecular weight is 398 g/mol. The third-order valence-corrected chi connectivity index (χ3v) is 4.73. The van der Waals surface area contributed by atoms with Crippen LogP contribution in [0.5, 0.6) is 0 Å². The number of halogens is 1. The highest BCUT2D eigenvalue weighted by atomic mass is 35.5. The largest absolute Gasteiger partial charge is 0.371 e. The number of ether oxygens (including phenoxy) is 1. The van der Waals surface area contributed by atoms with Gasteiger partial charge in [0.15, 0.2) is 0 Å². The van der Waals surface area contributed by atoms with Gasteiger partial charge in [-0.1, -0.05) is 74.9 Å². The maximum Gasteiger partial charge on any atom is 0.259 e. The van der Waals surface area contributed by atoms with Gasteiger partial charge in [0.25, 0.3) is 5.91 Å². The lowest BCUT2D eigenvalue weighted by atomic mass is 9.95. The van der Waals surface area contributed by atoms with Gasteiger partial charge in [0.1, 0.15) is 6.10 Å². The number of hydrogen-bond donors (Lipinski definition) is 1. The fraction of sp³-hybridized carbons (Fsp3) is 0.476. The van der Waals surface area contributed by atoms with E-state index < -0.39 is 6.10 Å². The number of amides is 1. The van der Waals surface area contributed by atoms with Crippen molar-refractivity contribution >= 4 is 29.5 Å². The van der Waals surface area contributed by atoms with Gasteiger partial charge in [-0.15, -0.1) is 11.6 Å². The summed E-state index contributed by atoms with van der Waals surface area (Å²) in [6.07, 6.45) is 6.15. The molecular formula is C21H32ClNO2S. The summed E-state index contributed by atoms with van der Waals surface area (Å²) in [5.41, 5.74) is 2.26. The molecule has 3 nitrogen and oxygen atoms in total. The number of carbonyl (C=O) groups excluding carboxylic acids is 1. The van der Waals surface area contributed by atoms with Crippen molar-refractivity contribution in [3.63, 3.8) is 0 Å². The first-order valence-corrected chi connectivity index (χ1v) is 10.5. The second kappa shape index (κ2) is 16.0. The van der Waals surface area contributed by atoms with Crippen molar-refractivity contribution in [2.24, 2.45) is 5.92 Å². The van der Waals surface area contributed by atoms with Gasteiger partial charge < -0.3 is 4.74 Å². The number of benzene rings is 1. The normalized spacial score (nSPS) is 13.7. The molecule has 0 bridgehead atoms. The number of methoxy groups -OCH3 is 1. The highest BCUT2D eigenvalue weighted by molar-refractivity contribution is 7.97. The lowest BCUT2D eigenvalue weighted by molar-refractivity contribution is -0.131. The minimum absolute atomic E-state index is 0.0441. The third-order valence-electron chi connectivity index (χ3n) is 3.56. The van der Waals surface area contributed by atoms with Crippen LogP contribution in [0.25, 0.3) is 0 Å². The minimum atomic E-state index is -0.495. The Balaban J connectivity index is 0.00000301. The summed E-state index contributed by atoms with van der Waals surface area (Å²) in [7, 11) is 1.57. The van der Waals surface area contributed by atoms with E-state index in [4.69, 9.17) is 16.3 Å². The first-order chi connectivity index (χ1) is 12.6. The monoisotopic (exact) mass is 397 g/mol. The fourth-order valence-corrected chi connectivity index (χ4v) is 3.23. The van der Waals surface area contributed by atoms with Crippen molar-refractivity contribution in [3.05, 3.63) is 59.7 Å². The summed E-state index contributed by atoms with van der Waals surface area (Å²) in [6.45, 7) is 7.97. The highest BCUT2D eigenvalue weighted by Crippen LogP contribution is 2.20. The first-order valence-electron chi connectivity index (χ1n) is 8.97. The molecule has 2 atom stereocenters. The van der Waals surface area contributed by atoms with Crippen LogP contribution in [0, 0.1) is 5.92 Å². The van der Waals surface area contributed by atoms with Crippen molar-refractivity contribution in [2.75, 3.05) is 13.0 Å². The van der Waals surface area contributed by atoms with Crippen LogP contribution >= 0.6 is 23.5 Å². The van der Waals surface area contributed by atoms with E-state index >= 15 is 0 Å². The summed E-state index contributed by atoms with van der Waals surface area (Å²) in [5, 5.41) is 0. The topological polar surface area (TPSA) is 38.3 Å². The Labute approximate surface area is 168 Å². The molecule has 1 aromatic rings. The molecule has 1 amide bonds. The molecule has 2 unspecified atom stereocenters. The predicted octanol–water partition coefficient (Wildman–Crippen LogP) is 5.76. The quantitative estimate of drug-likeness (QED) is 0.310. The highest BCUT2D eigenvalue weighted by Gasteiger charge is 2.25. The predicted molar refractivity (Wildman–Crippen MR) is 115 cm³/mol. The molecule has 0 aliphatic heterocycles. The molecule has 1 rings (SSSR count). The Morgan fingerprint density at radius 2 is 1.96 bits per heavy atom. The average Bonchev–Trinajstić information content (AvgIpc) is 2.68. The van der Waals surface area contributed by atoms with E-state index in [2.05, 4.69) is 4.72 Å². The molecule has 0 heterocycles. The van der Waals surface area contributed by atoms with Crippen LogP contribution in [-0.4, -0.2) is 25.0 Å². The molecule has 0 spiro atoms. The third kappa shape index (κ3) is 10.0. The zero-order valence-electron chi connectivity index (χ0n) is 16.5. The summed E-state index contributed by atoms with van der Waals surface area (Å²) >= 11 is 7.36. The molecule has 0 saturated heterocycles. The summed E-state index contributed by atoms with van der Waals surface area (Å²) in [5.74, 6) is 1.12. The van der Waals surface area contributed by atoms with E-state index in [9.17, 15) is 4.79 Å². The Morgan fingerprint density at radius 1 is 1.31 bits per heavy atom. The number of carbonyl (C=O) groups is 1. The van der Waals surface area contributed by atoms with E-state index in [1.54, 1.807) is 7.11 Å². The Hall–Kier alpha value is -1.23. The van der Waals surface area contributed by atoms with Crippen LogP contribution in [0.4, 0.5) is 0 Å². The van der Waals surface area contributed by atoms with Crippen LogP contribution in [0.1, 0.15) is 39.7 Å². The van der Waals surface area contributed by atoms with Gasteiger partial charge in [0.05, 0.1) is 0 Å². The molecule has 0 aromatic heterocycles. The molecular weight excluding hydrogens is 366 g/mol. The van der Waals surface area contributed by atoms with Crippen LogP contribution in [0.15, 0.2) is 54.1 Å². The zero-order valence-corrected chi connectivity index (χ0v) is 18.1. The lowest BCUT2D eigenvalue weighted by Crippen LogP contribution is -2.37. The number of allylic oxidation sites excluding steroid dienone is 4. The van der Waals surface area contributed by atoms with Crippen LogP contribution in [0.3, 0.4) is 0 Å². The van der Waals surface area contributed by atoms with Gasteiger partial charge in [-0.25, -0.2) is 0 Å². The van der Waals surface area contributed by atoms with Gasteiger partial charge in [-0.2, -0.15) is 0 Å². The van der Waals surface area contributed by atoms with Crippen molar-refractivity contribution in [1.82, 2.24) is 4.72 Å². The standard InChI is InChI=1S/C19H26ClNO2S.C2H6/c1-4-5-9-17(13-20)12-15(2)18(23-3)19(22)21-24-14-16-10-7-6-8-11-16;1-2/h4-11,15,18H,12-14H2,1-3H3,(H,21,22);1-2H3/b5-4-,17-9-;. The maximum atomic E-state index is 12.4. The second-order valence-electron chi connectivity index (χ2n) is 5.56. The number of rotatable bonds is 10. The molecule has 0 aliphatic carbocycles. The molecule has 0 saturated carbocycles. The summed E-state index contributed by atoms with van der Waals surface area (Å²) in [4.78, 5) is 12.4. The van der Waals surface area contributed by atoms with Gasteiger partial charge >= 0.3 is 0 Å². The molecule has 1 aromatic carbocycles. The van der Waals surface area contributed by atoms with Crippen molar-refractivity contribution in [1.29, 1.82) is 0 Å². The smallest absolute Gasteiger partial charge is 0.259 e. The molecule has 5 heteroatoms. The Kier molecular flexibility index (Phi) is 15.2. The Bertz CT molecular complexity index is 546. The van der Waals surface area contributed by atoms with Gasteiger partial charge in [-0.3, -0.25) is 9.52 Å². The molecule has 0 aliphatic rings. The van der Waals surface area contributed by atoms with E-state index in [1.807, 2.05) is 76.3 Å². The van der Waals surface area contributed by atoms with Crippen molar-refractivity contribution in [2.45, 2.75) is 46.0 Å². The van der Waals surface area contributed by atoms with Crippen molar-refractivity contribution in [3.8, 4) is 0 Å². The summed E-state index contributed by atoms with van der Waals surface area (Å²) in [6, 6.07) is 10.0. The van der Waals surface area contributed by atoms with Crippen LogP contribution < -0.4 is 4.72 Å². The number of alkyl halides is 1. The van der Waals surface area contributed by atoms with Gasteiger partial charge in [0, 0.05) is 18.7 Å². The minimum Gasteiger partial charge on any atom is -0.371 e. The lowest BCUT2D eigenvalue weighted by Gasteiger charge is -2.22. The van der Waals surface area contributed by atoms with Crippen LogP contribution in [0.2, 0.25) is 0 Å².